The fourth-order valence-electron chi connectivity index (χ4n) is 2.50. The molecule has 2 aromatic carbocycles. The Balaban J connectivity index is 1.90. The van der Waals surface area contributed by atoms with Crippen molar-refractivity contribution in [3.8, 4) is 11.4 Å². The van der Waals surface area contributed by atoms with E-state index in [1.54, 1.807) is 16.8 Å². The molecule has 0 atom stereocenters. The summed E-state index contributed by atoms with van der Waals surface area (Å²) < 4.78 is 7.04. The minimum absolute atomic E-state index is 0.485. The molecule has 0 aliphatic carbocycles. The molecule has 3 aromatic rings. The van der Waals surface area contributed by atoms with Crippen LogP contribution in [0.1, 0.15) is 11.3 Å². The van der Waals surface area contributed by atoms with E-state index in [4.69, 9.17) is 4.74 Å². The fraction of sp³-hybridized carbons (Fsp3) is 0.158. The highest BCUT2D eigenvalue weighted by Gasteiger charge is 2.18. The van der Waals surface area contributed by atoms with Crippen LogP contribution in [0.2, 0.25) is 0 Å². The number of aromatic nitrogens is 2. The van der Waals surface area contributed by atoms with Crippen molar-refractivity contribution in [3.05, 3.63) is 71.9 Å². The van der Waals surface area contributed by atoms with E-state index in [0.717, 1.165) is 16.9 Å². The van der Waals surface area contributed by atoms with Gasteiger partial charge in [0.1, 0.15) is 11.6 Å². The van der Waals surface area contributed by atoms with Crippen LogP contribution in [0.15, 0.2) is 60.7 Å². The molecule has 0 unspecified atom stereocenters. The Morgan fingerprint density at radius 1 is 1.08 bits per heavy atom. The summed E-state index contributed by atoms with van der Waals surface area (Å²) in [5.41, 5.74) is 2.62. The highest BCUT2D eigenvalue weighted by Crippen LogP contribution is 2.23. The predicted octanol–water partition coefficient (Wildman–Crippen LogP) is 3.51. The minimum Gasteiger partial charge on any atom is -0.410 e. The van der Waals surface area contributed by atoms with Crippen LogP contribution in [0.25, 0.3) is 5.69 Å². The Morgan fingerprint density at radius 3 is 2.36 bits per heavy atom. The average Bonchev–Trinajstić information content (AvgIpc) is 2.93. The predicted molar refractivity (Wildman–Crippen MR) is 97.2 cm³/mol. The largest absolute Gasteiger partial charge is 0.418 e. The van der Waals surface area contributed by atoms with Gasteiger partial charge in [0.25, 0.3) is 0 Å². The molecule has 3 rings (SSSR count). The number of hydrogen-bond acceptors (Lipinski definition) is 4. The number of carbonyl (C=O) groups is 1. The standard InChI is InChI=1S/C19H20N4O2/c1-14-17(13-20-2)22-23(15-9-5-3-6-10-15)18(14)21-19(24)25-16-11-7-4-8-12-16/h3-12,20H,13H2,1-2H3,(H,21,24). The summed E-state index contributed by atoms with van der Waals surface area (Å²) in [6, 6.07) is 18.6. The molecule has 1 amide bonds. The van der Waals surface area contributed by atoms with Crippen molar-refractivity contribution < 1.29 is 9.53 Å². The van der Waals surface area contributed by atoms with Crippen molar-refractivity contribution in [2.45, 2.75) is 13.5 Å². The van der Waals surface area contributed by atoms with Crippen molar-refractivity contribution >= 4 is 11.9 Å². The number of rotatable bonds is 5. The van der Waals surface area contributed by atoms with Gasteiger partial charge in [0.15, 0.2) is 0 Å². The molecule has 25 heavy (non-hydrogen) atoms. The van der Waals surface area contributed by atoms with E-state index in [2.05, 4.69) is 15.7 Å². The van der Waals surface area contributed by atoms with Crippen LogP contribution in [-0.2, 0) is 6.54 Å². The summed E-state index contributed by atoms with van der Waals surface area (Å²) in [5.74, 6) is 1.08. The quantitative estimate of drug-likeness (QED) is 0.748. The molecule has 0 fully saturated rings. The van der Waals surface area contributed by atoms with Gasteiger partial charge in [-0.2, -0.15) is 5.10 Å². The van der Waals surface area contributed by atoms with Crippen LogP contribution in [0, 0.1) is 6.92 Å². The number of ether oxygens (including phenoxy) is 1. The maximum atomic E-state index is 12.3. The summed E-state index contributed by atoms with van der Waals surface area (Å²) in [4.78, 5) is 12.3. The van der Waals surface area contributed by atoms with E-state index in [-0.39, 0.29) is 0 Å². The summed E-state index contributed by atoms with van der Waals surface area (Å²) >= 11 is 0. The van der Waals surface area contributed by atoms with E-state index in [9.17, 15) is 4.79 Å². The second kappa shape index (κ2) is 7.63. The topological polar surface area (TPSA) is 68.2 Å². The number of para-hydroxylation sites is 2. The van der Waals surface area contributed by atoms with Crippen molar-refractivity contribution in [2.75, 3.05) is 12.4 Å². The summed E-state index contributed by atoms with van der Waals surface area (Å²) in [6.45, 7) is 2.53. The van der Waals surface area contributed by atoms with Crippen LogP contribution in [0.3, 0.4) is 0 Å². The highest BCUT2D eigenvalue weighted by molar-refractivity contribution is 5.86. The number of anilines is 1. The summed E-state index contributed by atoms with van der Waals surface area (Å²) in [5, 5.41) is 10.5. The SMILES string of the molecule is CNCc1nn(-c2ccccc2)c(NC(=O)Oc2ccccc2)c1C. The second-order valence-corrected chi connectivity index (χ2v) is 5.53. The van der Waals surface area contributed by atoms with Crippen molar-refractivity contribution in [2.24, 2.45) is 0 Å². The first-order valence-corrected chi connectivity index (χ1v) is 8.01. The van der Waals surface area contributed by atoms with E-state index >= 15 is 0 Å². The summed E-state index contributed by atoms with van der Waals surface area (Å²) in [7, 11) is 1.86. The van der Waals surface area contributed by atoms with E-state index < -0.39 is 6.09 Å². The zero-order chi connectivity index (χ0) is 17.6. The third kappa shape index (κ3) is 3.87. The zero-order valence-corrected chi connectivity index (χ0v) is 14.2. The first kappa shape index (κ1) is 16.7. The third-order valence-electron chi connectivity index (χ3n) is 3.74. The molecule has 128 valence electrons. The Labute approximate surface area is 146 Å². The summed E-state index contributed by atoms with van der Waals surface area (Å²) in [6.07, 6.45) is -0.553. The number of carbonyl (C=O) groups excluding carboxylic acids is 1. The van der Waals surface area contributed by atoms with E-state index in [1.165, 1.54) is 0 Å². The lowest BCUT2D eigenvalue weighted by Crippen LogP contribution is -2.19. The molecule has 1 heterocycles. The normalized spacial score (nSPS) is 10.5. The molecule has 0 bridgehead atoms. The van der Waals surface area contributed by atoms with E-state index in [1.807, 2.05) is 62.5 Å². The molecule has 0 saturated heterocycles. The monoisotopic (exact) mass is 336 g/mol. The van der Waals surface area contributed by atoms with Crippen molar-refractivity contribution in [3.63, 3.8) is 0 Å². The minimum atomic E-state index is -0.553. The smallest absolute Gasteiger partial charge is 0.410 e. The molecule has 0 aliphatic rings. The first-order chi connectivity index (χ1) is 12.2. The van der Waals surface area contributed by atoms with Gasteiger partial charge in [0.2, 0.25) is 0 Å². The molecule has 2 N–H and O–H groups in total. The number of hydrogen-bond donors (Lipinski definition) is 2. The van der Waals surface area contributed by atoms with Crippen molar-refractivity contribution in [1.29, 1.82) is 0 Å². The molecule has 0 saturated carbocycles. The van der Waals surface area contributed by atoms with Gasteiger partial charge >= 0.3 is 6.09 Å². The number of nitrogens with one attached hydrogen (secondary N) is 2. The third-order valence-corrected chi connectivity index (χ3v) is 3.74. The first-order valence-electron chi connectivity index (χ1n) is 8.01. The molecule has 0 aliphatic heterocycles. The maximum Gasteiger partial charge on any atom is 0.418 e. The molecular formula is C19H20N4O2. The average molecular weight is 336 g/mol. The van der Waals surface area contributed by atoms with Gasteiger partial charge in [0, 0.05) is 12.1 Å². The Morgan fingerprint density at radius 2 is 1.72 bits per heavy atom. The van der Waals surface area contributed by atoms with Crippen LogP contribution in [-0.4, -0.2) is 22.9 Å². The lowest BCUT2D eigenvalue weighted by Gasteiger charge is -2.10. The zero-order valence-electron chi connectivity index (χ0n) is 14.2. The van der Waals surface area contributed by atoms with Crippen molar-refractivity contribution in [1.82, 2.24) is 15.1 Å². The lowest BCUT2D eigenvalue weighted by molar-refractivity contribution is 0.215. The number of amides is 1. The Hall–Kier alpha value is -3.12. The van der Waals surface area contributed by atoms with Gasteiger partial charge in [0.05, 0.1) is 11.4 Å². The van der Waals surface area contributed by atoms with Gasteiger partial charge < -0.3 is 10.1 Å². The number of nitrogens with zero attached hydrogens (tertiary/aromatic N) is 2. The van der Waals surface area contributed by atoms with Gasteiger partial charge in [-0.3, -0.25) is 5.32 Å². The molecular weight excluding hydrogens is 316 g/mol. The van der Waals surface area contributed by atoms with Crippen LogP contribution < -0.4 is 15.4 Å². The Kier molecular flexibility index (Phi) is 5.11. The maximum absolute atomic E-state index is 12.3. The number of benzene rings is 2. The van der Waals surface area contributed by atoms with Crippen LogP contribution in [0.4, 0.5) is 10.6 Å². The molecule has 0 radical (unpaired) electrons. The highest BCUT2D eigenvalue weighted by atomic mass is 16.6. The molecule has 6 heteroatoms. The van der Waals surface area contributed by atoms with Crippen LogP contribution >= 0.6 is 0 Å². The van der Waals surface area contributed by atoms with Gasteiger partial charge in [-0.15, -0.1) is 0 Å². The second-order valence-electron chi connectivity index (χ2n) is 5.53. The lowest BCUT2D eigenvalue weighted by atomic mass is 10.2. The van der Waals surface area contributed by atoms with E-state index in [0.29, 0.717) is 18.1 Å². The van der Waals surface area contributed by atoms with Gasteiger partial charge in [-0.05, 0) is 38.2 Å². The van der Waals surface area contributed by atoms with Gasteiger partial charge in [-0.25, -0.2) is 9.48 Å². The van der Waals surface area contributed by atoms with Crippen LogP contribution in [0.5, 0.6) is 5.75 Å². The van der Waals surface area contributed by atoms with Gasteiger partial charge in [-0.1, -0.05) is 36.4 Å². The fourth-order valence-corrected chi connectivity index (χ4v) is 2.50. The molecule has 1 aromatic heterocycles. The Bertz CT molecular complexity index is 845. The molecule has 0 spiro atoms. The molecule has 6 nitrogen and oxygen atoms in total.